The van der Waals surface area contributed by atoms with Crippen LogP contribution in [0.3, 0.4) is 0 Å². The third-order valence-electron chi connectivity index (χ3n) is 2.94. The highest BCUT2D eigenvalue weighted by atomic mass is 35.5. The molecular weight excluding hydrogens is 206 g/mol. The predicted octanol–water partition coefficient (Wildman–Crippen LogP) is 1.64. The number of fused-ring (bicyclic) bond motifs is 1. The van der Waals surface area contributed by atoms with Crippen molar-refractivity contribution in [3.8, 4) is 0 Å². The highest BCUT2D eigenvalue weighted by Crippen LogP contribution is 2.45. The summed E-state index contributed by atoms with van der Waals surface area (Å²) >= 11 is 7.21. The van der Waals surface area contributed by atoms with Crippen molar-refractivity contribution in [1.29, 1.82) is 0 Å². The van der Waals surface area contributed by atoms with Gasteiger partial charge in [0.15, 0.2) is 0 Å². The van der Waals surface area contributed by atoms with Crippen LogP contribution in [0, 0.1) is 11.8 Å². The molecule has 0 spiro atoms. The number of hydrogen-bond acceptors (Lipinski definition) is 4. The lowest BCUT2D eigenvalue weighted by Crippen LogP contribution is -2.22. The molecule has 1 aromatic heterocycles. The van der Waals surface area contributed by atoms with Crippen LogP contribution in [-0.4, -0.2) is 27.6 Å². The smallest absolute Gasteiger partial charge is 0.138 e. The molecule has 70 valence electrons. The second-order valence-electron chi connectivity index (χ2n) is 3.94. The minimum absolute atomic E-state index is 0.751. The summed E-state index contributed by atoms with van der Waals surface area (Å²) in [7, 11) is 0. The molecule has 1 saturated carbocycles. The average Bonchev–Trinajstić information content (AvgIpc) is 2.55. The predicted molar refractivity (Wildman–Crippen MR) is 51.8 cm³/mol. The van der Waals surface area contributed by atoms with Crippen LogP contribution in [0.15, 0.2) is 0 Å². The van der Waals surface area contributed by atoms with Crippen LogP contribution < -0.4 is 0 Å². The molecule has 3 nitrogen and oxygen atoms in total. The summed E-state index contributed by atoms with van der Waals surface area (Å²) in [6.07, 6.45) is 1.44. The van der Waals surface area contributed by atoms with Gasteiger partial charge in [-0.05, 0) is 18.3 Å². The second-order valence-corrected chi connectivity index (χ2v) is 5.30. The summed E-state index contributed by atoms with van der Waals surface area (Å²) in [4.78, 5) is 2.43. The number of rotatable bonds is 2. The maximum atomic E-state index is 5.93. The lowest BCUT2D eigenvalue weighted by molar-refractivity contribution is 0.293. The maximum absolute atomic E-state index is 5.93. The molecule has 0 N–H and O–H groups in total. The zero-order valence-corrected chi connectivity index (χ0v) is 8.68. The van der Waals surface area contributed by atoms with Crippen molar-refractivity contribution in [2.75, 3.05) is 13.1 Å². The summed E-state index contributed by atoms with van der Waals surface area (Å²) in [5.41, 5.74) is 0.952. The molecule has 1 aliphatic carbocycles. The summed E-state index contributed by atoms with van der Waals surface area (Å²) in [6.45, 7) is 3.36. The molecule has 2 atom stereocenters. The first-order valence-electron chi connectivity index (χ1n) is 4.52. The highest BCUT2D eigenvalue weighted by Gasteiger charge is 2.44. The number of piperidine rings is 1. The Morgan fingerprint density at radius 2 is 2.23 bits per heavy atom. The summed E-state index contributed by atoms with van der Waals surface area (Å²) in [6, 6.07) is 0. The van der Waals surface area contributed by atoms with Crippen molar-refractivity contribution in [2.45, 2.75) is 13.0 Å². The van der Waals surface area contributed by atoms with Crippen molar-refractivity contribution in [3.63, 3.8) is 0 Å². The van der Waals surface area contributed by atoms with Crippen LogP contribution in [0.5, 0.6) is 0 Å². The van der Waals surface area contributed by atoms with Crippen LogP contribution in [-0.2, 0) is 6.54 Å². The van der Waals surface area contributed by atoms with Crippen LogP contribution in [0.4, 0.5) is 0 Å². The largest absolute Gasteiger partial charge is 0.297 e. The summed E-state index contributed by atoms with van der Waals surface area (Å²) in [5, 5.41) is 4.01. The van der Waals surface area contributed by atoms with Gasteiger partial charge in [0.25, 0.3) is 0 Å². The average molecular weight is 216 g/mol. The van der Waals surface area contributed by atoms with Crippen molar-refractivity contribution in [3.05, 3.63) is 10.0 Å². The Hall–Kier alpha value is -0.190. The molecule has 2 heterocycles. The molecule has 13 heavy (non-hydrogen) atoms. The fourth-order valence-electron chi connectivity index (χ4n) is 2.13. The van der Waals surface area contributed by atoms with Gasteiger partial charge in [-0.3, -0.25) is 4.90 Å². The number of hydrogen-bond donors (Lipinski definition) is 0. The fourth-order valence-corrected chi connectivity index (χ4v) is 2.74. The van der Waals surface area contributed by atoms with E-state index in [2.05, 4.69) is 14.5 Å². The molecular formula is C8H10ClN3S. The van der Waals surface area contributed by atoms with Gasteiger partial charge in [-0.2, -0.15) is 0 Å². The number of halogens is 1. The molecule has 2 aliphatic rings. The van der Waals surface area contributed by atoms with E-state index in [0.717, 1.165) is 28.4 Å². The molecule has 2 fully saturated rings. The van der Waals surface area contributed by atoms with E-state index in [1.165, 1.54) is 31.0 Å². The van der Waals surface area contributed by atoms with Crippen LogP contribution >= 0.6 is 23.1 Å². The lowest BCUT2D eigenvalue weighted by atomic mass is 10.4. The maximum Gasteiger partial charge on any atom is 0.138 e. The van der Waals surface area contributed by atoms with E-state index >= 15 is 0 Å². The van der Waals surface area contributed by atoms with E-state index in [9.17, 15) is 0 Å². The first-order valence-corrected chi connectivity index (χ1v) is 5.67. The molecule has 0 aromatic carbocycles. The zero-order chi connectivity index (χ0) is 8.84. The van der Waals surface area contributed by atoms with E-state index in [-0.39, 0.29) is 0 Å². The van der Waals surface area contributed by atoms with E-state index in [0.29, 0.717) is 0 Å². The van der Waals surface area contributed by atoms with Gasteiger partial charge in [0.05, 0.1) is 0 Å². The molecule has 3 rings (SSSR count). The first kappa shape index (κ1) is 8.15. The minimum Gasteiger partial charge on any atom is -0.297 e. The van der Waals surface area contributed by atoms with Crippen molar-refractivity contribution >= 4 is 23.1 Å². The zero-order valence-electron chi connectivity index (χ0n) is 7.11. The molecule has 0 amide bonds. The van der Waals surface area contributed by atoms with Crippen molar-refractivity contribution < 1.29 is 0 Å². The number of nitrogens with zero attached hydrogens (tertiary/aromatic N) is 3. The van der Waals surface area contributed by atoms with E-state index in [1.54, 1.807) is 0 Å². The fraction of sp³-hybridized carbons (Fsp3) is 0.750. The number of likely N-dealkylation sites (tertiary alicyclic amines) is 1. The quantitative estimate of drug-likeness (QED) is 0.751. The van der Waals surface area contributed by atoms with Gasteiger partial charge >= 0.3 is 0 Å². The Morgan fingerprint density at radius 1 is 1.46 bits per heavy atom. The highest BCUT2D eigenvalue weighted by molar-refractivity contribution is 7.10. The molecule has 1 aromatic rings. The van der Waals surface area contributed by atoms with Gasteiger partial charge in [-0.25, -0.2) is 0 Å². The van der Waals surface area contributed by atoms with E-state index in [4.69, 9.17) is 11.6 Å². The lowest BCUT2D eigenvalue weighted by Gasteiger charge is -2.15. The Morgan fingerprint density at radius 3 is 2.85 bits per heavy atom. The van der Waals surface area contributed by atoms with Crippen LogP contribution in [0.25, 0.3) is 0 Å². The van der Waals surface area contributed by atoms with Gasteiger partial charge in [0, 0.05) is 31.2 Å². The minimum atomic E-state index is 0.751. The first-order chi connectivity index (χ1) is 6.33. The Labute approximate surface area is 85.9 Å². The van der Waals surface area contributed by atoms with Gasteiger partial charge < -0.3 is 0 Å². The third kappa shape index (κ3) is 1.47. The normalized spacial score (nSPS) is 32.1. The number of aromatic nitrogens is 2. The molecule has 0 radical (unpaired) electrons. The Kier molecular flexibility index (Phi) is 1.82. The van der Waals surface area contributed by atoms with Gasteiger partial charge in [-0.1, -0.05) is 16.1 Å². The van der Waals surface area contributed by atoms with Gasteiger partial charge in [0.1, 0.15) is 10.0 Å². The standard InChI is InChI=1S/C8H10ClN3S/c9-8-7(10-11-13-8)4-12-2-5-1-6(5)3-12/h5-6H,1-4H2. The SMILES string of the molecule is Clc1snnc1CN1CC2CC2C1. The summed E-state index contributed by atoms with van der Waals surface area (Å²) < 4.78 is 4.58. The molecule has 2 unspecified atom stereocenters. The monoisotopic (exact) mass is 215 g/mol. The second kappa shape index (κ2) is 2.90. The van der Waals surface area contributed by atoms with E-state index < -0.39 is 0 Å². The van der Waals surface area contributed by atoms with Crippen molar-refractivity contribution in [1.82, 2.24) is 14.5 Å². The molecule has 1 aliphatic heterocycles. The Balaban J connectivity index is 1.66. The van der Waals surface area contributed by atoms with Gasteiger partial charge in [-0.15, -0.1) is 5.10 Å². The summed E-state index contributed by atoms with van der Waals surface area (Å²) in [5.74, 6) is 1.95. The topological polar surface area (TPSA) is 29.0 Å². The molecule has 5 heteroatoms. The Bertz CT molecular complexity index is 317. The van der Waals surface area contributed by atoms with E-state index in [1.807, 2.05) is 0 Å². The molecule has 1 saturated heterocycles. The molecule has 0 bridgehead atoms. The van der Waals surface area contributed by atoms with Crippen LogP contribution in [0.1, 0.15) is 12.1 Å². The van der Waals surface area contributed by atoms with Crippen molar-refractivity contribution in [2.24, 2.45) is 11.8 Å². The van der Waals surface area contributed by atoms with Gasteiger partial charge in [0.2, 0.25) is 0 Å². The van der Waals surface area contributed by atoms with Crippen LogP contribution in [0.2, 0.25) is 4.34 Å². The third-order valence-corrected chi connectivity index (χ3v) is 3.92.